The van der Waals surface area contributed by atoms with Gasteiger partial charge in [0, 0.05) is 30.9 Å². The van der Waals surface area contributed by atoms with Gasteiger partial charge in [0.1, 0.15) is 17.7 Å². The van der Waals surface area contributed by atoms with Crippen LogP contribution in [0, 0.1) is 23.0 Å². The average Bonchev–Trinajstić information content (AvgIpc) is 3.25. The number of hydrogen-bond donors (Lipinski definition) is 1. The number of halogens is 3. The maximum Gasteiger partial charge on any atom is 0.216 e. The van der Waals surface area contributed by atoms with Gasteiger partial charge < -0.3 is 5.32 Å². The normalized spacial score (nSPS) is 14.2. The van der Waals surface area contributed by atoms with Crippen molar-refractivity contribution in [2.24, 2.45) is 0 Å². The summed E-state index contributed by atoms with van der Waals surface area (Å²) < 4.78 is 50.9. The van der Waals surface area contributed by atoms with Crippen LogP contribution in [0.3, 0.4) is 0 Å². The van der Waals surface area contributed by atoms with Gasteiger partial charge in [0.05, 0.1) is 15.8 Å². The Labute approximate surface area is 181 Å². The van der Waals surface area contributed by atoms with E-state index in [1.165, 1.54) is 0 Å². The van der Waals surface area contributed by atoms with Crippen molar-refractivity contribution in [2.45, 2.75) is 38.5 Å². The summed E-state index contributed by atoms with van der Waals surface area (Å²) in [6, 6.07) is 10.0. The number of sulfonamides is 1. The molecule has 0 amide bonds. The second-order valence-electron chi connectivity index (χ2n) is 7.10. The molecule has 0 unspecified atom stereocenters. The van der Waals surface area contributed by atoms with Gasteiger partial charge in [-0.05, 0) is 63.1 Å². The SMILES string of the molecule is CC(C)S(=O)(=O)N1CCCC1.N#Cc1ccc(NCc2cc(F)ccc2F)cc1Cl. The molecule has 30 heavy (non-hydrogen) atoms. The molecular formula is C21H24ClF2N3O2S. The molecule has 0 radical (unpaired) electrons. The first-order valence-electron chi connectivity index (χ1n) is 9.51. The van der Waals surface area contributed by atoms with E-state index in [4.69, 9.17) is 16.9 Å². The van der Waals surface area contributed by atoms with Gasteiger partial charge in [-0.2, -0.15) is 5.26 Å². The highest BCUT2D eigenvalue weighted by molar-refractivity contribution is 7.89. The molecule has 1 heterocycles. The summed E-state index contributed by atoms with van der Waals surface area (Å²) in [5.74, 6) is -0.968. The Balaban J connectivity index is 0.000000248. The fourth-order valence-electron chi connectivity index (χ4n) is 2.83. The summed E-state index contributed by atoms with van der Waals surface area (Å²) in [4.78, 5) is 0. The van der Waals surface area contributed by atoms with Crippen LogP contribution in [-0.4, -0.2) is 31.1 Å². The van der Waals surface area contributed by atoms with Crippen LogP contribution in [0.2, 0.25) is 5.02 Å². The first kappa shape index (κ1) is 24.1. The minimum absolute atomic E-state index is 0.131. The van der Waals surface area contributed by atoms with Gasteiger partial charge in [-0.1, -0.05) is 11.6 Å². The number of anilines is 1. The topological polar surface area (TPSA) is 73.2 Å². The number of benzene rings is 2. The Bertz CT molecular complexity index is 1020. The lowest BCUT2D eigenvalue weighted by Crippen LogP contribution is -2.33. The van der Waals surface area contributed by atoms with Crippen molar-refractivity contribution in [3.63, 3.8) is 0 Å². The molecule has 1 fully saturated rings. The maximum atomic E-state index is 13.4. The monoisotopic (exact) mass is 455 g/mol. The van der Waals surface area contributed by atoms with Crippen molar-refractivity contribution in [1.29, 1.82) is 5.26 Å². The summed E-state index contributed by atoms with van der Waals surface area (Å²) in [5.41, 5.74) is 1.22. The standard InChI is InChI=1S/C14H9ClF2N2.C7H15NO2S/c15-13-6-12(3-1-9(13)7-18)19-8-10-5-11(16)2-4-14(10)17;1-7(2)11(9,10)8-5-3-4-6-8/h1-6,19H,8H2;7H,3-6H2,1-2H3. The quantitative estimate of drug-likeness (QED) is 0.694. The molecule has 0 saturated carbocycles. The molecule has 0 aliphatic carbocycles. The number of nitrogens with zero attached hydrogens (tertiary/aromatic N) is 2. The molecule has 3 rings (SSSR count). The minimum Gasteiger partial charge on any atom is -0.381 e. The van der Waals surface area contributed by atoms with Crippen LogP contribution in [0.1, 0.15) is 37.8 Å². The van der Waals surface area contributed by atoms with Gasteiger partial charge in [0.25, 0.3) is 0 Å². The first-order valence-corrected chi connectivity index (χ1v) is 11.4. The molecule has 0 atom stereocenters. The fraction of sp³-hybridized carbons (Fsp3) is 0.381. The van der Waals surface area contributed by atoms with Gasteiger partial charge in [0.15, 0.2) is 0 Å². The average molecular weight is 456 g/mol. The zero-order valence-electron chi connectivity index (χ0n) is 16.8. The van der Waals surface area contributed by atoms with Crippen LogP contribution in [0.5, 0.6) is 0 Å². The van der Waals surface area contributed by atoms with E-state index < -0.39 is 21.7 Å². The molecule has 162 valence electrons. The molecule has 1 N–H and O–H groups in total. The van der Waals surface area contributed by atoms with Crippen molar-refractivity contribution < 1.29 is 17.2 Å². The van der Waals surface area contributed by atoms with Crippen LogP contribution in [0.25, 0.3) is 0 Å². The molecule has 2 aromatic rings. The number of nitriles is 1. The van der Waals surface area contributed by atoms with Crippen molar-refractivity contribution in [2.75, 3.05) is 18.4 Å². The lowest BCUT2D eigenvalue weighted by Gasteiger charge is -2.17. The zero-order valence-corrected chi connectivity index (χ0v) is 18.4. The smallest absolute Gasteiger partial charge is 0.216 e. The van der Waals surface area contributed by atoms with E-state index >= 15 is 0 Å². The van der Waals surface area contributed by atoms with Crippen molar-refractivity contribution in [1.82, 2.24) is 4.31 Å². The predicted molar refractivity (Wildman–Crippen MR) is 115 cm³/mol. The maximum absolute atomic E-state index is 13.4. The number of hydrogen-bond acceptors (Lipinski definition) is 4. The highest BCUT2D eigenvalue weighted by Gasteiger charge is 2.27. The lowest BCUT2D eigenvalue weighted by molar-refractivity contribution is 0.470. The van der Waals surface area contributed by atoms with Gasteiger partial charge in [-0.15, -0.1) is 0 Å². The van der Waals surface area contributed by atoms with Gasteiger partial charge in [-0.3, -0.25) is 0 Å². The third kappa shape index (κ3) is 6.39. The predicted octanol–water partition coefficient (Wildman–Crippen LogP) is 4.92. The van der Waals surface area contributed by atoms with E-state index in [9.17, 15) is 17.2 Å². The van der Waals surface area contributed by atoms with E-state index in [1.807, 2.05) is 6.07 Å². The molecule has 0 spiro atoms. The summed E-state index contributed by atoms with van der Waals surface area (Å²) in [7, 11) is -2.94. The van der Waals surface area contributed by atoms with E-state index in [-0.39, 0.29) is 17.4 Å². The Morgan fingerprint density at radius 1 is 1.17 bits per heavy atom. The number of nitrogens with one attached hydrogen (secondary N) is 1. The molecule has 2 aromatic carbocycles. The highest BCUT2D eigenvalue weighted by Crippen LogP contribution is 2.21. The highest BCUT2D eigenvalue weighted by atomic mass is 35.5. The Morgan fingerprint density at radius 3 is 2.40 bits per heavy atom. The molecule has 1 saturated heterocycles. The molecule has 1 aliphatic rings. The van der Waals surface area contributed by atoms with Crippen LogP contribution < -0.4 is 5.32 Å². The fourth-order valence-corrected chi connectivity index (χ4v) is 4.42. The van der Waals surface area contributed by atoms with Crippen molar-refractivity contribution in [3.8, 4) is 6.07 Å². The molecule has 1 aliphatic heterocycles. The van der Waals surface area contributed by atoms with E-state index in [1.54, 1.807) is 36.4 Å². The lowest BCUT2D eigenvalue weighted by atomic mass is 10.2. The molecule has 5 nitrogen and oxygen atoms in total. The van der Waals surface area contributed by atoms with E-state index in [0.717, 1.165) is 44.1 Å². The van der Waals surface area contributed by atoms with Crippen LogP contribution in [0.15, 0.2) is 36.4 Å². The van der Waals surface area contributed by atoms with Gasteiger partial charge in [0.2, 0.25) is 10.0 Å². The second kappa shape index (κ2) is 10.7. The molecule has 0 bridgehead atoms. The summed E-state index contributed by atoms with van der Waals surface area (Å²) in [6.07, 6.45) is 2.04. The number of rotatable bonds is 5. The Morgan fingerprint density at radius 2 is 1.83 bits per heavy atom. The molecule has 0 aromatic heterocycles. The van der Waals surface area contributed by atoms with Crippen LogP contribution in [-0.2, 0) is 16.6 Å². The van der Waals surface area contributed by atoms with Crippen LogP contribution >= 0.6 is 11.6 Å². The van der Waals surface area contributed by atoms with Crippen molar-refractivity contribution >= 4 is 27.3 Å². The summed E-state index contributed by atoms with van der Waals surface area (Å²) in [5, 5.41) is 11.7. The van der Waals surface area contributed by atoms with Gasteiger partial charge >= 0.3 is 0 Å². The molecule has 9 heteroatoms. The minimum atomic E-state index is -2.94. The Hall–Kier alpha value is -2.21. The van der Waals surface area contributed by atoms with Crippen LogP contribution in [0.4, 0.5) is 14.5 Å². The van der Waals surface area contributed by atoms with Crippen molar-refractivity contribution in [3.05, 3.63) is 64.2 Å². The first-order chi connectivity index (χ1) is 14.1. The second-order valence-corrected chi connectivity index (χ2v) is 9.99. The van der Waals surface area contributed by atoms with E-state index in [0.29, 0.717) is 16.3 Å². The zero-order chi connectivity index (χ0) is 22.3. The summed E-state index contributed by atoms with van der Waals surface area (Å²) >= 11 is 5.87. The third-order valence-electron chi connectivity index (χ3n) is 4.60. The molecular weight excluding hydrogens is 432 g/mol. The largest absolute Gasteiger partial charge is 0.381 e. The summed E-state index contributed by atoms with van der Waals surface area (Å²) in [6.45, 7) is 5.04. The van der Waals surface area contributed by atoms with E-state index in [2.05, 4.69) is 5.32 Å². The Kier molecular flexibility index (Phi) is 8.59. The third-order valence-corrected chi connectivity index (χ3v) is 7.19. The van der Waals surface area contributed by atoms with Gasteiger partial charge in [-0.25, -0.2) is 21.5 Å².